The second-order valence-electron chi connectivity index (χ2n) is 4.12. The first-order chi connectivity index (χ1) is 8.08. The van der Waals surface area contributed by atoms with Gasteiger partial charge < -0.3 is 14.6 Å². The van der Waals surface area contributed by atoms with Crippen LogP contribution in [0, 0.1) is 0 Å². The average molecular weight is 236 g/mol. The van der Waals surface area contributed by atoms with Crippen LogP contribution in [-0.2, 0) is 0 Å². The summed E-state index contributed by atoms with van der Waals surface area (Å²) in [5.74, 6) is 1.37. The first-order valence-corrected chi connectivity index (χ1v) is 5.63. The summed E-state index contributed by atoms with van der Waals surface area (Å²) in [5, 5.41) is 10.1. The van der Waals surface area contributed by atoms with E-state index in [0.717, 1.165) is 23.3 Å². The summed E-state index contributed by atoms with van der Waals surface area (Å²) < 4.78 is 10.4. The molecule has 0 aromatic heterocycles. The van der Waals surface area contributed by atoms with Gasteiger partial charge in [-0.05, 0) is 31.9 Å². The van der Waals surface area contributed by atoms with Crippen molar-refractivity contribution in [2.24, 2.45) is 0 Å². The maximum absolute atomic E-state index is 10.1. The van der Waals surface area contributed by atoms with Gasteiger partial charge in [0.2, 0.25) is 0 Å². The summed E-state index contributed by atoms with van der Waals surface area (Å²) in [6.45, 7) is 5.78. The van der Waals surface area contributed by atoms with Crippen LogP contribution in [0.2, 0.25) is 0 Å². The van der Waals surface area contributed by atoms with Gasteiger partial charge in [-0.3, -0.25) is 0 Å². The van der Waals surface area contributed by atoms with Gasteiger partial charge in [0.1, 0.15) is 11.5 Å². The van der Waals surface area contributed by atoms with Crippen LogP contribution in [0.1, 0.15) is 31.4 Å². The fourth-order valence-corrected chi connectivity index (χ4v) is 1.63. The van der Waals surface area contributed by atoms with Gasteiger partial charge in [0, 0.05) is 11.6 Å². The van der Waals surface area contributed by atoms with Crippen molar-refractivity contribution in [3.8, 4) is 11.5 Å². The summed E-state index contributed by atoms with van der Waals surface area (Å²) in [5.41, 5.74) is 1.85. The molecule has 1 atom stereocenters. The third kappa shape index (κ3) is 3.79. The van der Waals surface area contributed by atoms with E-state index in [9.17, 15) is 5.11 Å². The van der Waals surface area contributed by atoms with Gasteiger partial charge in [0.15, 0.2) is 0 Å². The largest absolute Gasteiger partial charge is 0.497 e. The minimum absolute atomic E-state index is 0.535. The van der Waals surface area contributed by atoms with E-state index in [-0.39, 0.29) is 0 Å². The Morgan fingerprint density at radius 1 is 1.35 bits per heavy atom. The number of hydrogen-bond acceptors (Lipinski definition) is 3. The highest BCUT2D eigenvalue weighted by atomic mass is 16.5. The second kappa shape index (κ2) is 6.30. The van der Waals surface area contributed by atoms with E-state index in [1.807, 2.05) is 19.1 Å². The first kappa shape index (κ1) is 13.6. The maximum atomic E-state index is 10.1. The molecule has 94 valence electrons. The summed E-state index contributed by atoms with van der Waals surface area (Å²) in [7, 11) is 3.19. The summed E-state index contributed by atoms with van der Waals surface area (Å²) in [6, 6.07) is 5.43. The number of rotatable bonds is 6. The molecule has 0 bridgehead atoms. The number of benzene rings is 1. The lowest BCUT2D eigenvalue weighted by Crippen LogP contribution is -2.01. The van der Waals surface area contributed by atoms with Crippen LogP contribution in [-0.4, -0.2) is 19.3 Å². The molecule has 0 saturated carbocycles. The minimum atomic E-state index is -0.535. The molecule has 1 rings (SSSR count). The zero-order valence-corrected chi connectivity index (χ0v) is 10.7. The number of aliphatic hydroxyl groups is 1. The molecule has 0 spiro atoms. The standard InChI is InChI=1S/C14H20O3/c1-10(2)5-8-13(15)12-7-6-11(16-3)9-14(12)17-4/h6-7,9,13,15H,1,5,8H2,2-4H3. The second-order valence-corrected chi connectivity index (χ2v) is 4.12. The molecule has 3 nitrogen and oxygen atoms in total. The van der Waals surface area contributed by atoms with Crippen molar-refractivity contribution in [3.63, 3.8) is 0 Å². The van der Waals surface area contributed by atoms with Gasteiger partial charge >= 0.3 is 0 Å². The molecule has 1 unspecified atom stereocenters. The SMILES string of the molecule is C=C(C)CCC(O)c1ccc(OC)cc1OC. The monoisotopic (exact) mass is 236 g/mol. The van der Waals surface area contributed by atoms with Crippen molar-refractivity contribution < 1.29 is 14.6 Å². The van der Waals surface area contributed by atoms with Crippen LogP contribution in [0.3, 0.4) is 0 Å². The van der Waals surface area contributed by atoms with E-state index in [1.165, 1.54) is 0 Å². The summed E-state index contributed by atoms with van der Waals surface area (Å²) >= 11 is 0. The van der Waals surface area contributed by atoms with Crippen molar-refractivity contribution in [1.29, 1.82) is 0 Å². The lowest BCUT2D eigenvalue weighted by molar-refractivity contribution is 0.163. The van der Waals surface area contributed by atoms with Gasteiger partial charge in [-0.15, -0.1) is 6.58 Å². The molecule has 0 aliphatic carbocycles. The minimum Gasteiger partial charge on any atom is -0.497 e. The summed E-state index contributed by atoms with van der Waals surface area (Å²) in [6.07, 6.45) is 0.918. The van der Waals surface area contributed by atoms with Crippen molar-refractivity contribution in [1.82, 2.24) is 0 Å². The molecule has 17 heavy (non-hydrogen) atoms. The molecular formula is C14H20O3. The number of ether oxygens (including phenoxy) is 2. The Morgan fingerprint density at radius 2 is 2.06 bits per heavy atom. The molecule has 1 aromatic rings. The number of hydrogen-bond donors (Lipinski definition) is 1. The van der Waals surface area contributed by atoms with E-state index >= 15 is 0 Å². The highest BCUT2D eigenvalue weighted by Crippen LogP contribution is 2.31. The molecule has 0 amide bonds. The van der Waals surface area contributed by atoms with Crippen molar-refractivity contribution in [2.75, 3.05) is 14.2 Å². The van der Waals surface area contributed by atoms with Gasteiger partial charge in [0.25, 0.3) is 0 Å². The van der Waals surface area contributed by atoms with Gasteiger partial charge in [-0.2, -0.15) is 0 Å². The summed E-state index contributed by atoms with van der Waals surface area (Å²) in [4.78, 5) is 0. The maximum Gasteiger partial charge on any atom is 0.128 e. The average Bonchev–Trinajstić information content (AvgIpc) is 2.34. The van der Waals surface area contributed by atoms with Crippen LogP contribution in [0.15, 0.2) is 30.4 Å². The lowest BCUT2D eigenvalue weighted by atomic mass is 10.0. The van der Waals surface area contributed by atoms with Crippen LogP contribution in [0.5, 0.6) is 11.5 Å². The van der Waals surface area contributed by atoms with E-state index in [2.05, 4.69) is 6.58 Å². The van der Waals surface area contributed by atoms with Crippen LogP contribution < -0.4 is 9.47 Å². The van der Waals surface area contributed by atoms with Gasteiger partial charge in [-0.1, -0.05) is 5.57 Å². The van der Waals surface area contributed by atoms with Gasteiger partial charge in [-0.25, -0.2) is 0 Å². The zero-order valence-electron chi connectivity index (χ0n) is 10.7. The Balaban J connectivity index is 2.84. The molecule has 0 heterocycles. The smallest absolute Gasteiger partial charge is 0.128 e. The quantitative estimate of drug-likeness (QED) is 0.771. The van der Waals surface area contributed by atoms with Crippen molar-refractivity contribution in [2.45, 2.75) is 25.9 Å². The fraction of sp³-hybridized carbons (Fsp3) is 0.429. The normalized spacial score (nSPS) is 12.0. The van der Waals surface area contributed by atoms with Gasteiger partial charge in [0.05, 0.1) is 20.3 Å². The van der Waals surface area contributed by atoms with Crippen molar-refractivity contribution in [3.05, 3.63) is 35.9 Å². The Hall–Kier alpha value is -1.48. The first-order valence-electron chi connectivity index (χ1n) is 5.63. The molecule has 0 radical (unpaired) electrons. The van der Waals surface area contributed by atoms with E-state index in [4.69, 9.17) is 9.47 Å². The molecule has 0 fully saturated rings. The Bertz CT molecular complexity index is 385. The predicted octanol–water partition coefficient (Wildman–Crippen LogP) is 3.09. The lowest BCUT2D eigenvalue weighted by Gasteiger charge is -2.15. The molecule has 0 saturated heterocycles. The fourth-order valence-electron chi connectivity index (χ4n) is 1.63. The Kier molecular flexibility index (Phi) is 5.04. The highest BCUT2D eigenvalue weighted by molar-refractivity contribution is 5.41. The number of aliphatic hydroxyl groups excluding tert-OH is 1. The molecule has 0 aliphatic heterocycles. The third-order valence-corrected chi connectivity index (χ3v) is 2.64. The Morgan fingerprint density at radius 3 is 2.59 bits per heavy atom. The highest BCUT2D eigenvalue weighted by Gasteiger charge is 2.13. The van der Waals surface area contributed by atoms with E-state index in [0.29, 0.717) is 12.2 Å². The van der Waals surface area contributed by atoms with Crippen LogP contribution in [0.25, 0.3) is 0 Å². The molecule has 1 aromatic carbocycles. The zero-order chi connectivity index (χ0) is 12.8. The molecule has 0 aliphatic rings. The number of allylic oxidation sites excluding steroid dienone is 1. The molecule has 3 heteroatoms. The van der Waals surface area contributed by atoms with E-state index < -0.39 is 6.10 Å². The topological polar surface area (TPSA) is 38.7 Å². The molecular weight excluding hydrogens is 216 g/mol. The Labute approximate surface area is 103 Å². The van der Waals surface area contributed by atoms with Crippen molar-refractivity contribution >= 4 is 0 Å². The van der Waals surface area contributed by atoms with E-state index in [1.54, 1.807) is 20.3 Å². The van der Waals surface area contributed by atoms with Crippen LogP contribution in [0.4, 0.5) is 0 Å². The molecule has 1 N–H and O–H groups in total. The number of methoxy groups -OCH3 is 2. The van der Waals surface area contributed by atoms with Crippen LogP contribution >= 0.6 is 0 Å². The third-order valence-electron chi connectivity index (χ3n) is 2.64. The predicted molar refractivity (Wildman–Crippen MR) is 68.6 cm³/mol.